The Morgan fingerprint density at radius 1 is 1.35 bits per heavy atom. The Kier molecular flexibility index (Phi) is 4.53. The van der Waals surface area contributed by atoms with Crippen LogP contribution in [0.2, 0.25) is 0 Å². The molecule has 1 unspecified atom stereocenters. The first-order valence-corrected chi connectivity index (χ1v) is 6.66. The first kappa shape index (κ1) is 14.3. The van der Waals surface area contributed by atoms with Crippen LogP contribution in [-0.2, 0) is 21.6 Å². The Bertz CT molecular complexity index is 540. The molecular weight excluding hydrogens is 254 g/mol. The third-order valence-electron chi connectivity index (χ3n) is 3.22. The second-order valence-corrected chi connectivity index (χ2v) is 4.58. The van der Waals surface area contributed by atoms with Crippen LogP contribution in [0.25, 0.3) is 0 Å². The third kappa shape index (κ3) is 3.05. The zero-order valence-electron chi connectivity index (χ0n) is 11.5. The number of nitrogens with zero attached hydrogens (tertiary/aromatic N) is 2. The Morgan fingerprint density at radius 3 is 2.70 bits per heavy atom. The first-order chi connectivity index (χ1) is 9.66. The summed E-state index contributed by atoms with van der Waals surface area (Å²) in [5.41, 5.74) is 5.96. The lowest BCUT2D eigenvalue weighted by Gasteiger charge is -2.27. The molecule has 2 rings (SSSR count). The normalized spacial score (nSPS) is 13.7. The van der Waals surface area contributed by atoms with Crippen LogP contribution in [0.15, 0.2) is 48.8 Å². The summed E-state index contributed by atoms with van der Waals surface area (Å²) in [6, 6.07) is 11.2. The zero-order chi connectivity index (χ0) is 14.4. The van der Waals surface area contributed by atoms with E-state index in [1.165, 1.54) is 0 Å². The number of rotatable bonds is 6. The topological polar surface area (TPSA) is 70.1 Å². The van der Waals surface area contributed by atoms with Crippen molar-refractivity contribution in [1.82, 2.24) is 9.78 Å². The van der Waals surface area contributed by atoms with Crippen molar-refractivity contribution in [2.45, 2.75) is 25.4 Å². The molecular formula is C15H19N3O2. The van der Waals surface area contributed by atoms with Gasteiger partial charge in [-0.25, -0.2) is 4.79 Å². The number of carbonyl (C=O) groups is 1. The van der Waals surface area contributed by atoms with Crippen molar-refractivity contribution in [3.63, 3.8) is 0 Å². The highest BCUT2D eigenvalue weighted by Gasteiger charge is 2.37. The number of aryl methyl sites for hydroxylation is 1. The van der Waals surface area contributed by atoms with Gasteiger partial charge in [-0.05, 0) is 25.0 Å². The van der Waals surface area contributed by atoms with Crippen LogP contribution < -0.4 is 5.73 Å². The fourth-order valence-electron chi connectivity index (χ4n) is 2.08. The Balaban J connectivity index is 2.22. The molecule has 5 heteroatoms. The third-order valence-corrected chi connectivity index (χ3v) is 3.22. The molecule has 1 aromatic heterocycles. The van der Waals surface area contributed by atoms with E-state index in [1.54, 1.807) is 17.8 Å². The van der Waals surface area contributed by atoms with Gasteiger partial charge in [0.1, 0.15) is 5.54 Å². The number of esters is 1. The average molecular weight is 273 g/mol. The van der Waals surface area contributed by atoms with E-state index in [9.17, 15) is 4.79 Å². The standard InChI is InChI=1S/C15H19N3O2/c1-2-20-14(19)15(16,13-7-4-3-5-8-13)9-12-18-11-6-10-17-18/h3-8,10-11H,2,9,12,16H2,1H3. The summed E-state index contributed by atoms with van der Waals surface area (Å²) in [5.74, 6) is -0.404. The van der Waals surface area contributed by atoms with Gasteiger partial charge < -0.3 is 10.5 Å². The number of ether oxygens (including phenoxy) is 1. The molecule has 0 aliphatic rings. The molecule has 0 aliphatic heterocycles. The Hall–Kier alpha value is -2.14. The smallest absolute Gasteiger partial charge is 0.330 e. The van der Waals surface area contributed by atoms with Crippen LogP contribution in [-0.4, -0.2) is 22.4 Å². The maximum absolute atomic E-state index is 12.2. The molecule has 0 radical (unpaired) electrons. The minimum atomic E-state index is -1.15. The number of hydrogen-bond acceptors (Lipinski definition) is 4. The van der Waals surface area contributed by atoms with Gasteiger partial charge in [-0.1, -0.05) is 30.3 Å². The second-order valence-electron chi connectivity index (χ2n) is 4.58. The van der Waals surface area contributed by atoms with Crippen molar-refractivity contribution in [3.8, 4) is 0 Å². The Labute approximate surface area is 118 Å². The summed E-state index contributed by atoms with van der Waals surface area (Å²) in [6.07, 6.45) is 3.97. The predicted molar refractivity (Wildman–Crippen MR) is 75.8 cm³/mol. The van der Waals surface area contributed by atoms with Gasteiger partial charge in [0, 0.05) is 18.9 Å². The van der Waals surface area contributed by atoms with E-state index in [0.717, 1.165) is 5.56 Å². The van der Waals surface area contributed by atoms with Gasteiger partial charge in [0.2, 0.25) is 0 Å². The number of aromatic nitrogens is 2. The van der Waals surface area contributed by atoms with Crippen LogP contribution in [0.3, 0.4) is 0 Å². The molecule has 5 nitrogen and oxygen atoms in total. The van der Waals surface area contributed by atoms with Crippen LogP contribution in [0.4, 0.5) is 0 Å². The quantitative estimate of drug-likeness (QED) is 0.813. The van der Waals surface area contributed by atoms with Crippen molar-refractivity contribution in [1.29, 1.82) is 0 Å². The largest absolute Gasteiger partial charge is 0.464 e. The van der Waals surface area contributed by atoms with E-state index >= 15 is 0 Å². The molecule has 0 fully saturated rings. The van der Waals surface area contributed by atoms with Crippen molar-refractivity contribution < 1.29 is 9.53 Å². The summed E-state index contributed by atoms with van der Waals surface area (Å²) in [7, 11) is 0. The highest BCUT2D eigenvalue weighted by molar-refractivity contribution is 5.82. The molecule has 1 atom stereocenters. The van der Waals surface area contributed by atoms with Gasteiger partial charge in [0.05, 0.1) is 6.61 Å². The molecule has 106 valence electrons. The van der Waals surface area contributed by atoms with Crippen molar-refractivity contribution >= 4 is 5.97 Å². The number of benzene rings is 1. The van der Waals surface area contributed by atoms with E-state index in [1.807, 2.05) is 42.6 Å². The monoisotopic (exact) mass is 273 g/mol. The minimum Gasteiger partial charge on any atom is -0.464 e. The molecule has 0 amide bonds. The summed E-state index contributed by atoms with van der Waals surface area (Å²) < 4.78 is 6.89. The zero-order valence-corrected chi connectivity index (χ0v) is 11.5. The number of hydrogen-bond donors (Lipinski definition) is 1. The molecule has 1 heterocycles. The van der Waals surface area contributed by atoms with E-state index in [2.05, 4.69) is 5.10 Å². The molecule has 0 aliphatic carbocycles. The van der Waals surface area contributed by atoms with E-state index in [4.69, 9.17) is 10.5 Å². The highest BCUT2D eigenvalue weighted by atomic mass is 16.5. The van der Waals surface area contributed by atoms with Gasteiger partial charge in [-0.15, -0.1) is 0 Å². The van der Waals surface area contributed by atoms with Crippen LogP contribution in [0.1, 0.15) is 18.9 Å². The van der Waals surface area contributed by atoms with Gasteiger partial charge in [-0.2, -0.15) is 5.10 Å². The average Bonchev–Trinajstić information content (AvgIpc) is 2.99. The maximum atomic E-state index is 12.2. The lowest BCUT2D eigenvalue weighted by Crippen LogP contribution is -2.47. The second kappa shape index (κ2) is 6.34. The summed E-state index contributed by atoms with van der Waals surface area (Å²) in [6.45, 7) is 2.64. The van der Waals surface area contributed by atoms with Gasteiger partial charge in [0.15, 0.2) is 0 Å². The highest BCUT2D eigenvalue weighted by Crippen LogP contribution is 2.24. The summed E-state index contributed by atoms with van der Waals surface area (Å²) in [4.78, 5) is 12.2. The summed E-state index contributed by atoms with van der Waals surface area (Å²) in [5, 5.41) is 4.13. The Morgan fingerprint density at radius 2 is 2.10 bits per heavy atom. The number of carbonyl (C=O) groups excluding carboxylic acids is 1. The lowest BCUT2D eigenvalue weighted by atomic mass is 9.87. The van der Waals surface area contributed by atoms with Gasteiger partial charge in [-0.3, -0.25) is 4.68 Å². The van der Waals surface area contributed by atoms with Gasteiger partial charge >= 0.3 is 5.97 Å². The lowest BCUT2D eigenvalue weighted by molar-refractivity contribution is -0.150. The number of nitrogens with two attached hydrogens (primary N) is 1. The van der Waals surface area contributed by atoms with Crippen LogP contribution in [0.5, 0.6) is 0 Å². The van der Waals surface area contributed by atoms with Crippen LogP contribution in [0, 0.1) is 0 Å². The summed E-state index contributed by atoms with van der Waals surface area (Å²) >= 11 is 0. The maximum Gasteiger partial charge on any atom is 0.330 e. The van der Waals surface area contributed by atoms with E-state index < -0.39 is 11.5 Å². The van der Waals surface area contributed by atoms with Crippen LogP contribution >= 0.6 is 0 Å². The first-order valence-electron chi connectivity index (χ1n) is 6.66. The fourth-order valence-corrected chi connectivity index (χ4v) is 2.08. The molecule has 0 bridgehead atoms. The van der Waals surface area contributed by atoms with Crippen molar-refractivity contribution in [3.05, 3.63) is 54.4 Å². The molecule has 0 saturated carbocycles. The van der Waals surface area contributed by atoms with E-state index in [0.29, 0.717) is 19.6 Å². The molecule has 1 aromatic carbocycles. The molecule has 2 N–H and O–H groups in total. The SMILES string of the molecule is CCOC(=O)C(N)(CCn1cccn1)c1ccccc1. The predicted octanol–water partition coefficient (Wildman–Crippen LogP) is 1.69. The van der Waals surface area contributed by atoms with Crippen molar-refractivity contribution in [2.75, 3.05) is 6.61 Å². The fraction of sp³-hybridized carbons (Fsp3) is 0.333. The van der Waals surface area contributed by atoms with E-state index in [-0.39, 0.29) is 0 Å². The van der Waals surface area contributed by atoms with Crippen molar-refractivity contribution in [2.24, 2.45) is 5.73 Å². The molecule has 0 saturated heterocycles. The minimum absolute atomic E-state index is 0.312. The van der Waals surface area contributed by atoms with Gasteiger partial charge in [0.25, 0.3) is 0 Å². The molecule has 0 spiro atoms. The molecule has 20 heavy (non-hydrogen) atoms. The molecule has 2 aromatic rings.